The standard InChI is InChI=1S/C5H7N3O2S/c1-4-3-6-8-5(7-4)11(2,9)10/h3H,1-2H3. The summed E-state index contributed by atoms with van der Waals surface area (Å²) in [6.45, 7) is 1.66. The van der Waals surface area contributed by atoms with Gasteiger partial charge < -0.3 is 0 Å². The van der Waals surface area contributed by atoms with E-state index in [4.69, 9.17) is 0 Å². The smallest absolute Gasteiger partial charge is 0.221 e. The van der Waals surface area contributed by atoms with Gasteiger partial charge in [-0.15, -0.1) is 5.10 Å². The van der Waals surface area contributed by atoms with E-state index in [2.05, 4.69) is 15.2 Å². The van der Waals surface area contributed by atoms with Gasteiger partial charge in [-0.25, -0.2) is 13.4 Å². The molecule has 0 saturated carbocycles. The molecule has 0 spiro atoms. The Morgan fingerprint density at radius 3 is 2.45 bits per heavy atom. The first kappa shape index (κ1) is 8.06. The third-order valence-corrected chi connectivity index (χ3v) is 1.83. The van der Waals surface area contributed by atoms with E-state index in [1.807, 2.05) is 0 Å². The van der Waals surface area contributed by atoms with Crippen LogP contribution in [0.4, 0.5) is 0 Å². The molecule has 0 N–H and O–H groups in total. The average molecular weight is 173 g/mol. The molecule has 0 atom stereocenters. The van der Waals surface area contributed by atoms with Gasteiger partial charge in [-0.1, -0.05) is 0 Å². The second-order valence-corrected chi connectivity index (χ2v) is 4.06. The van der Waals surface area contributed by atoms with Crippen molar-refractivity contribution in [3.8, 4) is 0 Å². The Bertz CT molecular complexity index is 360. The normalized spacial score (nSPS) is 11.5. The molecule has 0 aliphatic heterocycles. The molecular formula is C5H7N3O2S. The molecule has 1 heterocycles. The van der Waals surface area contributed by atoms with Crippen molar-refractivity contribution in [1.29, 1.82) is 0 Å². The Morgan fingerprint density at radius 1 is 1.45 bits per heavy atom. The van der Waals surface area contributed by atoms with Crippen LogP contribution in [0.5, 0.6) is 0 Å². The fraction of sp³-hybridized carbons (Fsp3) is 0.400. The molecule has 0 aromatic carbocycles. The highest BCUT2D eigenvalue weighted by Gasteiger charge is 2.10. The minimum Gasteiger partial charge on any atom is -0.221 e. The van der Waals surface area contributed by atoms with Crippen LogP contribution in [0.25, 0.3) is 0 Å². The summed E-state index contributed by atoms with van der Waals surface area (Å²) in [4.78, 5) is 3.68. The summed E-state index contributed by atoms with van der Waals surface area (Å²) < 4.78 is 21.6. The van der Waals surface area contributed by atoms with E-state index >= 15 is 0 Å². The Hall–Kier alpha value is -1.04. The number of rotatable bonds is 1. The Kier molecular flexibility index (Phi) is 1.86. The molecule has 1 aromatic heterocycles. The summed E-state index contributed by atoms with van der Waals surface area (Å²) in [5, 5.41) is 6.60. The fourth-order valence-electron chi connectivity index (χ4n) is 0.521. The Morgan fingerprint density at radius 2 is 2.09 bits per heavy atom. The summed E-state index contributed by atoms with van der Waals surface area (Å²) in [5.74, 6) is 0. The molecular weight excluding hydrogens is 166 g/mol. The second kappa shape index (κ2) is 2.54. The zero-order valence-electron chi connectivity index (χ0n) is 6.14. The SMILES string of the molecule is Cc1cnnc(S(C)(=O)=O)n1. The maximum atomic E-state index is 10.8. The molecule has 5 nitrogen and oxygen atoms in total. The highest BCUT2D eigenvalue weighted by molar-refractivity contribution is 7.90. The first-order valence-corrected chi connectivity index (χ1v) is 4.75. The molecule has 6 heteroatoms. The van der Waals surface area contributed by atoms with Crippen molar-refractivity contribution in [2.45, 2.75) is 12.1 Å². The van der Waals surface area contributed by atoms with Crippen LogP contribution in [-0.2, 0) is 9.84 Å². The molecule has 1 rings (SSSR count). The zero-order chi connectivity index (χ0) is 8.48. The molecule has 0 unspecified atom stereocenters. The minimum atomic E-state index is -3.31. The molecule has 60 valence electrons. The van der Waals surface area contributed by atoms with Crippen LogP contribution in [0.2, 0.25) is 0 Å². The quantitative estimate of drug-likeness (QED) is 0.577. The van der Waals surface area contributed by atoms with Crippen molar-refractivity contribution in [2.75, 3.05) is 6.26 Å². The van der Waals surface area contributed by atoms with E-state index in [-0.39, 0.29) is 5.16 Å². The average Bonchev–Trinajstić information content (AvgIpc) is 1.86. The van der Waals surface area contributed by atoms with Gasteiger partial charge in [-0.3, -0.25) is 0 Å². The Labute approximate surface area is 64.4 Å². The molecule has 0 aliphatic carbocycles. The molecule has 0 saturated heterocycles. The number of sulfone groups is 1. The summed E-state index contributed by atoms with van der Waals surface area (Å²) in [6, 6.07) is 0. The molecule has 0 bridgehead atoms. The highest BCUT2D eigenvalue weighted by Crippen LogP contribution is 1.98. The van der Waals surface area contributed by atoms with Crippen LogP contribution in [0.3, 0.4) is 0 Å². The van der Waals surface area contributed by atoms with E-state index in [0.29, 0.717) is 5.69 Å². The Balaban J connectivity index is 3.28. The lowest BCUT2D eigenvalue weighted by Gasteiger charge is -1.94. The van der Waals surface area contributed by atoms with E-state index in [9.17, 15) is 8.42 Å². The van der Waals surface area contributed by atoms with Crippen molar-refractivity contribution >= 4 is 9.84 Å². The van der Waals surface area contributed by atoms with E-state index in [1.165, 1.54) is 6.20 Å². The monoisotopic (exact) mass is 173 g/mol. The minimum absolute atomic E-state index is 0.225. The van der Waals surface area contributed by atoms with Crippen LogP contribution < -0.4 is 0 Å². The number of hydrogen-bond acceptors (Lipinski definition) is 5. The van der Waals surface area contributed by atoms with Crippen molar-refractivity contribution in [1.82, 2.24) is 15.2 Å². The van der Waals surface area contributed by atoms with Gasteiger partial charge in [0.2, 0.25) is 9.84 Å². The van der Waals surface area contributed by atoms with Gasteiger partial charge in [0.25, 0.3) is 5.16 Å². The lowest BCUT2D eigenvalue weighted by Crippen LogP contribution is -2.05. The number of hydrogen-bond donors (Lipinski definition) is 0. The zero-order valence-corrected chi connectivity index (χ0v) is 6.96. The van der Waals surface area contributed by atoms with Gasteiger partial charge in [-0.2, -0.15) is 5.10 Å². The second-order valence-electron chi connectivity index (χ2n) is 2.15. The van der Waals surface area contributed by atoms with Crippen LogP contribution in [0.1, 0.15) is 5.69 Å². The number of aryl methyl sites for hydroxylation is 1. The number of aromatic nitrogens is 3. The van der Waals surface area contributed by atoms with Gasteiger partial charge >= 0.3 is 0 Å². The fourth-order valence-corrected chi connectivity index (χ4v) is 1.03. The number of nitrogens with zero attached hydrogens (tertiary/aromatic N) is 3. The third kappa shape index (κ3) is 1.94. The molecule has 0 amide bonds. The lowest BCUT2D eigenvalue weighted by atomic mass is 10.6. The third-order valence-electron chi connectivity index (χ3n) is 0.991. The molecule has 1 aromatic rings. The molecule has 11 heavy (non-hydrogen) atoms. The largest absolute Gasteiger partial charge is 0.267 e. The van der Waals surface area contributed by atoms with Crippen LogP contribution in [0.15, 0.2) is 11.4 Å². The molecule has 0 fully saturated rings. The van der Waals surface area contributed by atoms with Crippen LogP contribution in [0, 0.1) is 6.92 Å². The molecule has 0 aliphatic rings. The first-order valence-electron chi connectivity index (χ1n) is 2.86. The van der Waals surface area contributed by atoms with Gasteiger partial charge in [0.1, 0.15) is 0 Å². The predicted octanol–water partition coefficient (Wildman–Crippen LogP) is -0.416. The van der Waals surface area contributed by atoms with Gasteiger partial charge in [0.05, 0.1) is 11.9 Å². The summed E-state index contributed by atoms with van der Waals surface area (Å²) in [6.07, 6.45) is 2.44. The van der Waals surface area contributed by atoms with Crippen LogP contribution in [-0.4, -0.2) is 29.9 Å². The molecule has 0 radical (unpaired) electrons. The van der Waals surface area contributed by atoms with Crippen molar-refractivity contribution in [2.24, 2.45) is 0 Å². The lowest BCUT2D eigenvalue weighted by molar-refractivity contribution is 0.588. The van der Waals surface area contributed by atoms with Gasteiger partial charge in [0, 0.05) is 6.26 Å². The van der Waals surface area contributed by atoms with E-state index in [0.717, 1.165) is 6.26 Å². The van der Waals surface area contributed by atoms with E-state index < -0.39 is 9.84 Å². The van der Waals surface area contributed by atoms with Gasteiger partial charge in [0.15, 0.2) is 0 Å². The predicted molar refractivity (Wildman–Crippen MR) is 37.7 cm³/mol. The maximum absolute atomic E-state index is 10.8. The summed E-state index contributed by atoms with van der Waals surface area (Å²) in [7, 11) is -3.31. The van der Waals surface area contributed by atoms with Crippen molar-refractivity contribution in [3.05, 3.63) is 11.9 Å². The summed E-state index contributed by atoms with van der Waals surface area (Å²) >= 11 is 0. The van der Waals surface area contributed by atoms with E-state index in [1.54, 1.807) is 6.92 Å². The maximum Gasteiger partial charge on any atom is 0.267 e. The first-order chi connectivity index (χ1) is 5.00. The van der Waals surface area contributed by atoms with Crippen LogP contribution >= 0.6 is 0 Å². The highest BCUT2D eigenvalue weighted by atomic mass is 32.2. The topological polar surface area (TPSA) is 72.8 Å². The summed E-state index contributed by atoms with van der Waals surface area (Å²) in [5.41, 5.74) is 0.542. The van der Waals surface area contributed by atoms with Crippen molar-refractivity contribution in [3.63, 3.8) is 0 Å². The van der Waals surface area contributed by atoms with Crippen molar-refractivity contribution < 1.29 is 8.42 Å². The van der Waals surface area contributed by atoms with Gasteiger partial charge in [-0.05, 0) is 6.92 Å².